The number of benzene rings is 2. The van der Waals surface area contributed by atoms with Crippen molar-refractivity contribution < 1.29 is 18.3 Å². The third-order valence-corrected chi connectivity index (χ3v) is 3.30. The molecule has 22 heavy (non-hydrogen) atoms. The smallest absolute Gasteiger partial charge is 0.363 e. The van der Waals surface area contributed by atoms with Crippen LogP contribution >= 0.6 is 11.6 Å². The highest BCUT2D eigenvalue weighted by Crippen LogP contribution is 2.23. The number of nitrogens with zero attached hydrogens (tertiary/aromatic N) is 1. The zero-order chi connectivity index (χ0) is 15.7. The Bertz CT molecular complexity index is 831. The van der Waals surface area contributed by atoms with E-state index < -0.39 is 17.6 Å². The number of ether oxygens (including phenoxy) is 1. The van der Waals surface area contributed by atoms with E-state index in [1.807, 2.05) is 0 Å². The first-order valence-electron chi connectivity index (χ1n) is 6.27. The number of rotatable bonds is 2. The van der Waals surface area contributed by atoms with E-state index in [-0.39, 0.29) is 11.6 Å². The van der Waals surface area contributed by atoms with E-state index >= 15 is 0 Å². The number of carbonyl (C=O) groups is 1. The van der Waals surface area contributed by atoms with Crippen molar-refractivity contribution in [1.82, 2.24) is 0 Å². The molecule has 1 heterocycles. The van der Waals surface area contributed by atoms with E-state index in [2.05, 4.69) is 4.99 Å². The van der Waals surface area contributed by atoms with Crippen molar-refractivity contribution in [2.75, 3.05) is 0 Å². The quantitative estimate of drug-likeness (QED) is 0.620. The number of hydrogen-bond acceptors (Lipinski definition) is 3. The second kappa shape index (κ2) is 5.69. The maximum atomic E-state index is 13.2. The van der Waals surface area contributed by atoms with Crippen LogP contribution < -0.4 is 0 Å². The van der Waals surface area contributed by atoms with Gasteiger partial charge in [-0.15, -0.1) is 0 Å². The van der Waals surface area contributed by atoms with E-state index in [1.165, 1.54) is 12.1 Å². The molecule has 0 radical (unpaired) electrons. The van der Waals surface area contributed by atoms with Crippen molar-refractivity contribution in [2.45, 2.75) is 0 Å². The fourth-order valence-electron chi connectivity index (χ4n) is 1.92. The summed E-state index contributed by atoms with van der Waals surface area (Å²) in [6, 6.07) is 10.1. The lowest BCUT2D eigenvalue weighted by Crippen LogP contribution is -2.05. The first-order valence-corrected chi connectivity index (χ1v) is 6.65. The van der Waals surface area contributed by atoms with Crippen LogP contribution in [0.15, 0.2) is 53.2 Å². The lowest BCUT2D eigenvalue weighted by Gasteiger charge is -2.00. The minimum absolute atomic E-state index is 0.0130. The van der Waals surface area contributed by atoms with Gasteiger partial charge in [-0.05, 0) is 35.9 Å². The Labute approximate surface area is 129 Å². The zero-order valence-corrected chi connectivity index (χ0v) is 11.8. The van der Waals surface area contributed by atoms with E-state index in [4.69, 9.17) is 16.3 Å². The van der Waals surface area contributed by atoms with Crippen LogP contribution in [0, 0.1) is 11.6 Å². The molecule has 1 aliphatic rings. The number of hydrogen-bond donors (Lipinski definition) is 0. The Hall–Kier alpha value is -2.53. The first kappa shape index (κ1) is 14.4. The first-order chi connectivity index (χ1) is 10.5. The van der Waals surface area contributed by atoms with Gasteiger partial charge in [0.2, 0.25) is 5.90 Å². The largest absolute Gasteiger partial charge is 0.402 e. The maximum Gasteiger partial charge on any atom is 0.363 e. The Balaban J connectivity index is 1.98. The minimum atomic E-state index is -1.00. The van der Waals surface area contributed by atoms with Crippen LogP contribution in [0.1, 0.15) is 11.1 Å². The van der Waals surface area contributed by atoms with E-state index in [1.54, 1.807) is 24.3 Å². The zero-order valence-electron chi connectivity index (χ0n) is 11.0. The predicted molar refractivity (Wildman–Crippen MR) is 78.4 cm³/mol. The molecular formula is C16H8ClF2NO2. The molecule has 0 atom stereocenters. The van der Waals surface area contributed by atoms with E-state index in [9.17, 15) is 13.6 Å². The average molecular weight is 320 g/mol. The van der Waals surface area contributed by atoms with Crippen molar-refractivity contribution in [3.05, 3.63) is 75.9 Å². The summed E-state index contributed by atoms with van der Waals surface area (Å²) < 4.78 is 31.1. The normalized spacial score (nSPS) is 15.9. The predicted octanol–water partition coefficient (Wildman–Crippen LogP) is 3.96. The lowest BCUT2D eigenvalue weighted by atomic mass is 10.2. The van der Waals surface area contributed by atoms with Crippen LogP contribution in [0.2, 0.25) is 5.02 Å². The summed E-state index contributed by atoms with van der Waals surface area (Å²) in [5.74, 6) is -2.57. The topological polar surface area (TPSA) is 38.7 Å². The number of carbonyl (C=O) groups excluding carboxylic acids is 1. The molecule has 0 aliphatic carbocycles. The van der Waals surface area contributed by atoms with Crippen LogP contribution in [0.3, 0.4) is 0 Å². The highest BCUT2D eigenvalue weighted by Gasteiger charge is 2.25. The SMILES string of the molecule is O=C1OC(c2ccccc2Cl)=N/C1=C\c1ccc(F)c(F)c1. The summed E-state index contributed by atoms with van der Waals surface area (Å²) in [4.78, 5) is 15.9. The molecule has 1 aliphatic heterocycles. The molecule has 3 nitrogen and oxygen atoms in total. The van der Waals surface area contributed by atoms with E-state index in [0.29, 0.717) is 16.1 Å². The molecule has 0 bridgehead atoms. The molecule has 0 fully saturated rings. The summed E-state index contributed by atoms with van der Waals surface area (Å²) in [7, 11) is 0. The van der Waals surface area contributed by atoms with Crippen molar-refractivity contribution in [2.24, 2.45) is 4.99 Å². The van der Waals surface area contributed by atoms with Gasteiger partial charge < -0.3 is 4.74 Å². The Morgan fingerprint density at radius 2 is 1.86 bits per heavy atom. The lowest BCUT2D eigenvalue weighted by molar-refractivity contribution is -0.129. The van der Waals surface area contributed by atoms with Gasteiger partial charge in [0.15, 0.2) is 17.3 Å². The summed E-state index contributed by atoms with van der Waals surface area (Å²) in [5.41, 5.74) is 0.766. The molecule has 0 spiro atoms. The second-order valence-corrected chi connectivity index (χ2v) is 4.90. The molecule has 3 rings (SSSR count). The van der Waals surface area contributed by atoms with Gasteiger partial charge in [-0.25, -0.2) is 18.6 Å². The molecule has 0 unspecified atom stereocenters. The molecular weight excluding hydrogens is 312 g/mol. The molecule has 110 valence electrons. The van der Waals surface area contributed by atoms with Gasteiger partial charge in [0.05, 0.1) is 10.6 Å². The van der Waals surface area contributed by atoms with Crippen LogP contribution in [0.5, 0.6) is 0 Å². The summed E-state index contributed by atoms with van der Waals surface area (Å²) in [5, 5.41) is 0.392. The maximum absolute atomic E-state index is 13.2. The number of halogens is 3. The molecule has 0 amide bonds. The van der Waals surface area contributed by atoms with E-state index in [0.717, 1.165) is 12.1 Å². The third kappa shape index (κ3) is 2.76. The van der Waals surface area contributed by atoms with Gasteiger partial charge in [0.25, 0.3) is 0 Å². The van der Waals surface area contributed by atoms with Crippen molar-refractivity contribution >= 4 is 29.5 Å². The minimum Gasteiger partial charge on any atom is -0.402 e. The van der Waals surface area contributed by atoms with Crippen LogP contribution in [-0.4, -0.2) is 11.9 Å². The molecule has 0 saturated carbocycles. The molecule has 0 aromatic heterocycles. The fourth-order valence-corrected chi connectivity index (χ4v) is 2.14. The molecule has 2 aromatic carbocycles. The van der Waals surface area contributed by atoms with Crippen LogP contribution in [0.4, 0.5) is 8.78 Å². The van der Waals surface area contributed by atoms with Crippen LogP contribution in [-0.2, 0) is 9.53 Å². The van der Waals surface area contributed by atoms with Gasteiger partial charge in [0, 0.05) is 0 Å². The second-order valence-electron chi connectivity index (χ2n) is 4.49. The molecule has 6 heteroatoms. The monoisotopic (exact) mass is 319 g/mol. The average Bonchev–Trinajstić information content (AvgIpc) is 2.84. The Kier molecular flexibility index (Phi) is 3.73. The van der Waals surface area contributed by atoms with Crippen molar-refractivity contribution in [1.29, 1.82) is 0 Å². The van der Waals surface area contributed by atoms with Crippen LogP contribution in [0.25, 0.3) is 6.08 Å². The Morgan fingerprint density at radius 3 is 2.59 bits per heavy atom. The summed E-state index contributed by atoms with van der Waals surface area (Å²) >= 11 is 6.02. The standard InChI is InChI=1S/C16H8ClF2NO2/c17-11-4-2-1-3-10(11)15-20-14(16(21)22-15)8-9-5-6-12(18)13(19)7-9/h1-8H/b14-8-. The number of esters is 1. The number of aliphatic imine (C=N–C) groups is 1. The fraction of sp³-hybridized carbons (Fsp3) is 0. The van der Waals surface area contributed by atoms with Crippen molar-refractivity contribution in [3.63, 3.8) is 0 Å². The molecule has 0 saturated heterocycles. The van der Waals surface area contributed by atoms with Gasteiger partial charge >= 0.3 is 5.97 Å². The van der Waals surface area contributed by atoms with Gasteiger partial charge in [-0.1, -0.05) is 29.8 Å². The summed E-state index contributed by atoms with van der Waals surface area (Å²) in [6.07, 6.45) is 1.31. The van der Waals surface area contributed by atoms with Gasteiger partial charge in [-0.2, -0.15) is 0 Å². The molecule has 2 aromatic rings. The summed E-state index contributed by atoms with van der Waals surface area (Å²) in [6.45, 7) is 0. The molecule has 0 N–H and O–H groups in total. The van der Waals surface area contributed by atoms with Gasteiger partial charge in [-0.3, -0.25) is 0 Å². The third-order valence-electron chi connectivity index (χ3n) is 2.97. The Morgan fingerprint density at radius 1 is 1.09 bits per heavy atom. The highest BCUT2D eigenvalue weighted by atomic mass is 35.5. The van der Waals surface area contributed by atoms with Gasteiger partial charge in [0.1, 0.15) is 0 Å². The number of cyclic esters (lactones) is 1. The van der Waals surface area contributed by atoms with Crippen molar-refractivity contribution in [3.8, 4) is 0 Å². The highest BCUT2D eigenvalue weighted by molar-refractivity contribution is 6.34.